The minimum Gasteiger partial charge on any atom is -0.481 e. The Morgan fingerprint density at radius 2 is 2.13 bits per heavy atom. The quantitative estimate of drug-likeness (QED) is 0.692. The van der Waals surface area contributed by atoms with E-state index in [2.05, 4.69) is 25.3 Å². The van der Waals surface area contributed by atoms with Crippen LogP contribution in [0.4, 0.5) is 13.2 Å². The van der Waals surface area contributed by atoms with E-state index in [0.717, 1.165) is 12.6 Å². The zero-order valence-electron chi connectivity index (χ0n) is 15.7. The second kappa shape index (κ2) is 7.73. The van der Waals surface area contributed by atoms with Crippen LogP contribution in [0, 0.1) is 0 Å². The van der Waals surface area contributed by atoms with E-state index in [1.807, 2.05) is 0 Å². The van der Waals surface area contributed by atoms with E-state index in [9.17, 15) is 18.0 Å². The summed E-state index contributed by atoms with van der Waals surface area (Å²) >= 11 is 0. The van der Waals surface area contributed by atoms with Gasteiger partial charge in [0.15, 0.2) is 5.69 Å². The molecule has 3 aromatic rings. The van der Waals surface area contributed by atoms with Gasteiger partial charge >= 0.3 is 6.18 Å². The average molecular weight is 419 g/mol. The monoisotopic (exact) mass is 419 g/mol. The maximum absolute atomic E-state index is 12.8. The molecule has 4 rings (SSSR count). The third-order valence-corrected chi connectivity index (χ3v) is 4.60. The first-order valence-electron chi connectivity index (χ1n) is 9.05. The lowest BCUT2D eigenvalue weighted by atomic mass is 9.97. The van der Waals surface area contributed by atoms with Gasteiger partial charge in [0.2, 0.25) is 11.8 Å². The number of aromatic nitrogens is 4. The van der Waals surface area contributed by atoms with Crippen molar-refractivity contribution in [2.24, 2.45) is 0 Å². The smallest absolute Gasteiger partial charge is 0.434 e. The molecule has 11 heteroatoms. The van der Waals surface area contributed by atoms with Crippen LogP contribution < -0.4 is 10.1 Å². The Hall–Kier alpha value is -3.50. The standard InChI is InChI=1S/C19H16F3N5O3/c1-29-15-7-10(5-6-24-15)18-27-12-4-2-3-11(16(12)30-18)26-17(28)13-8-23-9-14(25-13)19(20,21)22/h5-9,11H,2-4H2,1H3,(H,26,28)/t11-/m0/s1. The highest BCUT2D eigenvalue weighted by molar-refractivity contribution is 5.92. The van der Waals surface area contributed by atoms with E-state index in [-0.39, 0.29) is 0 Å². The largest absolute Gasteiger partial charge is 0.481 e. The summed E-state index contributed by atoms with van der Waals surface area (Å²) in [7, 11) is 1.49. The summed E-state index contributed by atoms with van der Waals surface area (Å²) in [4.78, 5) is 27.9. The van der Waals surface area contributed by atoms with Crippen molar-refractivity contribution >= 4 is 5.91 Å². The Balaban J connectivity index is 1.58. The number of carbonyl (C=O) groups is 1. The molecule has 0 unspecified atom stereocenters. The molecule has 156 valence electrons. The topological polar surface area (TPSA) is 103 Å². The van der Waals surface area contributed by atoms with Crippen molar-refractivity contribution < 1.29 is 27.1 Å². The van der Waals surface area contributed by atoms with Crippen LogP contribution in [0.15, 0.2) is 35.1 Å². The van der Waals surface area contributed by atoms with Crippen LogP contribution in [0.2, 0.25) is 0 Å². The summed E-state index contributed by atoms with van der Waals surface area (Å²) in [5, 5.41) is 2.68. The molecule has 1 aliphatic carbocycles. The van der Waals surface area contributed by atoms with Gasteiger partial charge in [-0.1, -0.05) is 0 Å². The Labute approximate surface area is 168 Å². The molecule has 0 radical (unpaired) electrons. The van der Waals surface area contributed by atoms with Gasteiger partial charge in [-0.25, -0.2) is 15.0 Å². The molecule has 0 saturated carbocycles. The van der Waals surface area contributed by atoms with Crippen LogP contribution in [0.5, 0.6) is 5.88 Å². The number of ether oxygens (including phenoxy) is 1. The van der Waals surface area contributed by atoms with Gasteiger partial charge in [-0.15, -0.1) is 0 Å². The highest BCUT2D eigenvalue weighted by Gasteiger charge is 2.34. The fourth-order valence-corrected chi connectivity index (χ4v) is 3.18. The van der Waals surface area contributed by atoms with Gasteiger partial charge in [0.1, 0.15) is 11.5 Å². The number of hydrogen-bond donors (Lipinski definition) is 1. The van der Waals surface area contributed by atoms with E-state index in [0.29, 0.717) is 47.8 Å². The van der Waals surface area contributed by atoms with Crippen molar-refractivity contribution in [3.63, 3.8) is 0 Å². The van der Waals surface area contributed by atoms with Crippen LogP contribution >= 0.6 is 0 Å². The fourth-order valence-electron chi connectivity index (χ4n) is 3.18. The van der Waals surface area contributed by atoms with Crippen LogP contribution in [-0.4, -0.2) is 33.0 Å². The van der Waals surface area contributed by atoms with Gasteiger partial charge in [-0.3, -0.25) is 9.78 Å². The van der Waals surface area contributed by atoms with Crippen LogP contribution in [0.25, 0.3) is 11.5 Å². The lowest BCUT2D eigenvalue weighted by molar-refractivity contribution is -0.141. The highest BCUT2D eigenvalue weighted by atomic mass is 19.4. The van der Waals surface area contributed by atoms with Crippen molar-refractivity contribution in [3.05, 3.63) is 53.6 Å². The summed E-state index contributed by atoms with van der Waals surface area (Å²) in [6.45, 7) is 0. The van der Waals surface area contributed by atoms with Gasteiger partial charge in [-0.05, 0) is 25.3 Å². The summed E-state index contributed by atoms with van der Waals surface area (Å²) < 4.78 is 49.5. The number of nitrogens with zero attached hydrogens (tertiary/aromatic N) is 4. The number of methoxy groups -OCH3 is 1. The van der Waals surface area contributed by atoms with Crippen LogP contribution in [0.3, 0.4) is 0 Å². The van der Waals surface area contributed by atoms with Crippen molar-refractivity contribution in [2.75, 3.05) is 7.11 Å². The second-order valence-electron chi connectivity index (χ2n) is 6.62. The number of oxazole rings is 1. The number of alkyl halides is 3. The normalized spacial score (nSPS) is 16.1. The molecule has 3 aromatic heterocycles. The summed E-state index contributed by atoms with van der Waals surface area (Å²) in [6, 6.07) is 2.84. The first-order valence-corrected chi connectivity index (χ1v) is 9.05. The van der Waals surface area contributed by atoms with Crippen molar-refractivity contribution in [3.8, 4) is 17.3 Å². The molecule has 1 aliphatic rings. The number of hydrogen-bond acceptors (Lipinski definition) is 7. The zero-order valence-corrected chi connectivity index (χ0v) is 15.7. The Morgan fingerprint density at radius 1 is 1.30 bits per heavy atom. The first kappa shape index (κ1) is 19.8. The zero-order chi connectivity index (χ0) is 21.3. The maximum Gasteiger partial charge on any atom is 0.434 e. The molecule has 0 fully saturated rings. The number of carbonyl (C=O) groups excluding carboxylic acids is 1. The molecule has 0 bridgehead atoms. The van der Waals surface area contributed by atoms with Crippen molar-refractivity contribution in [2.45, 2.75) is 31.5 Å². The van der Waals surface area contributed by atoms with Gasteiger partial charge < -0.3 is 14.5 Å². The highest BCUT2D eigenvalue weighted by Crippen LogP contribution is 2.34. The predicted octanol–water partition coefficient (Wildman–Crippen LogP) is 3.36. The summed E-state index contributed by atoms with van der Waals surface area (Å²) in [6.07, 6.45) is 0.383. The molecule has 8 nitrogen and oxygen atoms in total. The number of fused-ring (bicyclic) bond motifs is 1. The molecular formula is C19H16F3N5O3. The fraction of sp³-hybridized carbons (Fsp3) is 0.316. The molecule has 1 N–H and O–H groups in total. The minimum absolute atomic E-state index is 0.348. The second-order valence-corrected chi connectivity index (χ2v) is 6.62. The predicted molar refractivity (Wildman–Crippen MR) is 96.5 cm³/mol. The van der Waals surface area contributed by atoms with Crippen LogP contribution in [0.1, 0.15) is 46.5 Å². The van der Waals surface area contributed by atoms with Gasteiger partial charge in [-0.2, -0.15) is 13.2 Å². The molecule has 0 spiro atoms. The van der Waals surface area contributed by atoms with E-state index < -0.39 is 29.5 Å². The number of pyridine rings is 1. The molecular weight excluding hydrogens is 403 g/mol. The molecule has 0 saturated heterocycles. The van der Waals surface area contributed by atoms with Gasteiger partial charge in [0.05, 0.1) is 31.2 Å². The number of aryl methyl sites for hydroxylation is 1. The Bertz CT molecular complexity index is 1080. The minimum atomic E-state index is -4.69. The summed E-state index contributed by atoms with van der Waals surface area (Å²) in [5.41, 5.74) is -0.304. The van der Waals surface area contributed by atoms with Crippen molar-refractivity contribution in [1.82, 2.24) is 25.3 Å². The van der Waals surface area contributed by atoms with Crippen molar-refractivity contribution in [1.29, 1.82) is 0 Å². The SMILES string of the molecule is COc1cc(-c2nc3c(o2)[C@@H](NC(=O)c2cncc(C(F)(F)F)n2)CCC3)ccn1. The molecule has 3 heterocycles. The lowest BCUT2D eigenvalue weighted by Crippen LogP contribution is -2.31. The van der Waals surface area contributed by atoms with Crippen LogP contribution in [-0.2, 0) is 12.6 Å². The Morgan fingerprint density at radius 3 is 2.90 bits per heavy atom. The third kappa shape index (κ3) is 3.95. The summed E-state index contributed by atoms with van der Waals surface area (Å²) in [5.74, 6) is 0.452. The lowest BCUT2D eigenvalue weighted by Gasteiger charge is -2.21. The number of amides is 1. The molecule has 1 atom stereocenters. The number of halogens is 3. The molecule has 0 aromatic carbocycles. The molecule has 30 heavy (non-hydrogen) atoms. The maximum atomic E-state index is 12.8. The van der Waals surface area contributed by atoms with Gasteiger partial charge in [0, 0.05) is 17.8 Å². The van der Waals surface area contributed by atoms with E-state index >= 15 is 0 Å². The third-order valence-electron chi connectivity index (χ3n) is 4.60. The van der Waals surface area contributed by atoms with Gasteiger partial charge in [0.25, 0.3) is 5.91 Å². The molecule has 0 aliphatic heterocycles. The average Bonchev–Trinajstić information content (AvgIpc) is 3.19. The first-order chi connectivity index (χ1) is 14.3. The Kier molecular flexibility index (Phi) is 5.10. The van der Waals surface area contributed by atoms with E-state index in [1.165, 1.54) is 7.11 Å². The number of nitrogens with one attached hydrogen (secondary N) is 1. The van der Waals surface area contributed by atoms with E-state index in [4.69, 9.17) is 9.15 Å². The number of rotatable bonds is 4. The van der Waals surface area contributed by atoms with E-state index in [1.54, 1.807) is 18.3 Å². The molecule has 1 amide bonds.